The van der Waals surface area contributed by atoms with Gasteiger partial charge in [-0.2, -0.15) is 0 Å². The predicted octanol–water partition coefficient (Wildman–Crippen LogP) is 0.294. The monoisotopic (exact) mass is 230 g/mol. The highest BCUT2D eigenvalue weighted by molar-refractivity contribution is 5.24. The topological polar surface area (TPSA) is 69.9 Å². The molecular formula is C12H22O4. The lowest BCUT2D eigenvalue weighted by atomic mass is 9.89. The van der Waals surface area contributed by atoms with Gasteiger partial charge in [-0.1, -0.05) is 0 Å². The zero-order valence-electron chi connectivity index (χ0n) is 10.4. The van der Waals surface area contributed by atoms with Crippen LogP contribution in [0.25, 0.3) is 0 Å². The Morgan fingerprint density at radius 2 is 1.94 bits per heavy atom. The van der Waals surface area contributed by atoms with Gasteiger partial charge < -0.3 is 20.1 Å². The van der Waals surface area contributed by atoms with Crippen molar-refractivity contribution < 1.29 is 20.1 Å². The van der Waals surface area contributed by atoms with Crippen LogP contribution in [-0.4, -0.2) is 45.3 Å². The summed E-state index contributed by atoms with van der Waals surface area (Å²) in [5.74, 6) is -0.0279. The Morgan fingerprint density at radius 3 is 2.38 bits per heavy atom. The standard InChI is InChI=1S/C12H22O4/c1-10(2,3)16-9-11(4,15)8(14)7-5-12(7,9)6-13/h7-9,13-15H,5-6H2,1-4H3/t7-,8+,9+,11+,12+/m1/s1. The zero-order valence-corrected chi connectivity index (χ0v) is 10.4. The Hall–Kier alpha value is -0.160. The minimum absolute atomic E-state index is 0.0279. The number of rotatable bonds is 2. The molecular weight excluding hydrogens is 208 g/mol. The molecule has 0 heterocycles. The van der Waals surface area contributed by atoms with Crippen LogP contribution in [0.5, 0.6) is 0 Å². The fraction of sp³-hybridized carbons (Fsp3) is 1.00. The van der Waals surface area contributed by atoms with Gasteiger partial charge in [-0.25, -0.2) is 0 Å². The molecule has 0 unspecified atom stereocenters. The van der Waals surface area contributed by atoms with E-state index in [9.17, 15) is 15.3 Å². The second kappa shape index (κ2) is 3.19. The van der Waals surface area contributed by atoms with Crippen molar-refractivity contribution >= 4 is 0 Å². The lowest BCUT2D eigenvalue weighted by Crippen LogP contribution is -2.52. The van der Waals surface area contributed by atoms with Gasteiger partial charge in [0.05, 0.1) is 24.4 Å². The maximum Gasteiger partial charge on any atom is 0.115 e. The highest BCUT2D eigenvalue weighted by Crippen LogP contribution is 2.67. The van der Waals surface area contributed by atoms with Gasteiger partial charge in [0.15, 0.2) is 0 Å². The third-order valence-electron chi connectivity index (χ3n) is 3.98. The molecule has 2 aliphatic carbocycles. The van der Waals surface area contributed by atoms with Gasteiger partial charge in [-0.05, 0) is 40.0 Å². The summed E-state index contributed by atoms with van der Waals surface area (Å²) >= 11 is 0. The zero-order chi connectivity index (χ0) is 12.4. The van der Waals surface area contributed by atoms with Crippen molar-refractivity contribution in [2.24, 2.45) is 11.3 Å². The number of hydrogen-bond acceptors (Lipinski definition) is 4. The molecule has 16 heavy (non-hydrogen) atoms. The molecule has 2 aliphatic rings. The molecule has 0 aromatic carbocycles. The summed E-state index contributed by atoms with van der Waals surface area (Å²) in [6.45, 7) is 7.30. The second-order valence-corrected chi connectivity index (χ2v) is 6.48. The van der Waals surface area contributed by atoms with Crippen molar-refractivity contribution in [3.05, 3.63) is 0 Å². The van der Waals surface area contributed by atoms with Crippen molar-refractivity contribution in [3.63, 3.8) is 0 Å². The van der Waals surface area contributed by atoms with Crippen LogP contribution in [0, 0.1) is 11.3 Å². The van der Waals surface area contributed by atoms with Crippen LogP contribution in [0.15, 0.2) is 0 Å². The van der Waals surface area contributed by atoms with Crippen LogP contribution in [0.3, 0.4) is 0 Å². The van der Waals surface area contributed by atoms with Gasteiger partial charge in [0.1, 0.15) is 5.60 Å². The third-order valence-corrected chi connectivity index (χ3v) is 3.98. The molecule has 0 aliphatic heterocycles. The molecule has 0 bridgehead atoms. The summed E-state index contributed by atoms with van der Waals surface area (Å²) in [5.41, 5.74) is -2.09. The molecule has 0 radical (unpaired) electrons. The van der Waals surface area contributed by atoms with E-state index < -0.39 is 28.8 Å². The number of hydrogen-bond donors (Lipinski definition) is 3. The molecule has 0 spiro atoms. The molecule has 4 heteroatoms. The van der Waals surface area contributed by atoms with Gasteiger partial charge in [-0.15, -0.1) is 0 Å². The van der Waals surface area contributed by atoms with Crippen LogP contribution in [-0.2, 0) is 4.74 Å². The number of aliphatic hydroxyl groups is 3. The average Bonchev–Trinajstić information content (AvgIpc) is 2.83. The molecule has 0 aromatic rings. The SMILES string of the molecule is CC(C)(C)O[C@H]1[C@@](C)(O)[C@@H](O)[C@H]2C[C@]21CO. The van der Waals surface area contributed by atoms with Gasteiger partial charge in [0.25, 0.3) is 0 Å². The van der Waals surface area contributed by atoms with E-state index in [0.717, 1.165) is 6.42 Å². The largest absolute Gasteiger partial charge is 0.396 e. The lowest BCUT2D eigenvalue weighted by Gasteiger charge is -2.38. The first-order valence-corrected chi connectivity index (χ1v) is 5.84. The van der Waals surface area contributed by atoms with Gasteiger partial charge in [0.2, 0.25) is 0 Å². The molecule has 2 rings (SSSR count). The van der Waals surface area contributed by atoms with E-state index >= 15 is 0 Å². The normalized spacial score (nSPS) is 51.6. The summed E-state index contributed by atoms with van der Waals surface area (Å²) in [4.78, 5) is 0. The smallest absolute Gasteiger partial charge is 0.115 e. The summed E-state index contributed by atoms with van der Waals surface area (Å²) in [6, 6.07) is 0. The summed E-state index contributed by atoms with van der Waals surface area (Å²) < 4.78 is 5.86. The molecule has 3 N–H and O–H groups in total. The maximum atomic E-state index is 10.3. The van der Waals surface area contributed by atoms with Crippen LogP contribution < -0.4 is 0 Å². The Kier molecular flexibility index (Phi) is 2.45. The molecule has 2 fully saturated rings. The van der Waals surface area contributed by atoms with E-state index in [2.05, 4.69) is 0 Å². The predicted molar refractivity (Wildman–Crippen MR) is 58.9 cm³/mol. The lowest BCUT2D eigenvalue weighted by molar-refractivity contribution is -0.190. The van der Waals surface area contributed by atoms with E-state index in [4.69, 9.17) is 4.74 Å². The molecule has 2 saturated carbocycles. The van der Waals surface area contributed by atoms with Crippen molar-refractivity contribution in [1.82, 2.24) is 0 Å². The van der Waals surface area contributed by atoms with Crippen molar-refractivity contribution in [2.75, 3.05) is 6.61 Å². The maximum absolute atomic E-state index is 10.3. The highest BCUT2D eigenvalue weighted by Gasteiger charge is 2.75. The number of fused-ring (bicyclic) bond motifs is 1. The molecule has 0 aromatic heterocycles. The van der Waals surface area contributed by atoms with Gasteiger partial charge in [0, 0.05) is 5.41 Å². The first-order chi connectivity index (χ1) is 7.15. The summed E-state index contributed by atoms with van der Waals surface area (Å²) in [7, 11) is 0. The Labute approximate surface area is 96.2 Å². The van der Waals surface area contributed by atoms with Crippen LogP contribution in [0.4, 0.5) is 0 Å². The van der Waals surface area contributed by atoms with Crippen LogP contribution in [0.2, 0.25) is 0 Å². The van der Waals surface area contributed by atoms with E-state index in [1.54, 1.807) is 6.92 Å². The van der Waals surface area contributed by atoms with E-state index in [0.29, 0.717) is 0 Å². The first kappa shape index (κ1) is 12.3. The fourth-order valence-corrected chi connectivity index (χ4v) is 3.08. The first-order valence-electron chi connectivity index (χ1n) is 5.84. The molecule has 5 atom stereocenters. The van der Waals surface area contributed by atoms with Crippen molar-refractivity contribution in [3.8, 4) is 0 Å². The number of ether oxygens (including phenoxy) is 1. The Bertz CT molecular complexity index is 294. The fourth-order valence-electron chi connectivity index (χ4n) is 3.08. The van der Waals surface area contributed by atoms with Crippen molar-refractivity contribution in [1.29, 1.82) is 0 Å². The Balaban J connectivity index is 2.26. The number of aliphatic hydroxyl groups excluding tert-OH is 2. The van der Waals surface area contributed by atoms with E-state index in [-0.39, 0.29) is 12.5 Å². The summed E-state index contributed by atoms with van der Waals surface area (Å²) in [5, 5.41) is 29.8. The molecule has 0 amide bonds. The molecule has 94 valence electrons. The van der Waals surface area contributed by atoms with Crippen LogP contribution in [0.1, 0.15) is 34.1 Å². The minimum Gasteiger partial charge on any atom is -0.396 e. The second-order valence-electron chi connectivity index (χ2n) is 6.48. The van der Waals surface area contributed by atoms with Gasteiger partial charge >= 0.3 is 0 Å². The van der Waals surface area contributed by atoms with E-state index in [1.807, 2.05) is 20.8 Å². The average molecular weight is 230 g/mol. The Morgan fingerprint density at radius 1 is 1.38 bits per heavy atom. The molecule has 4 nitrogen and oxygen atoms in total. The summed E-state index contributed by atoms with van der Waals surface area (Å²) in [6.07, 6.45) is -0.557. The van der Waals surface area contributed by atoms with Crippen LogP contribution >= 0.6 is 0 Å². The van der Waals surface area contributed by atoms with Crippen molar-refractivity contribution in [2.45, 2.75) is 57.5 Å². The molecule has 0 saturated heterocycles. The third kappa shape index (κ3) is 1.51. The van der Waals surface area contributed by atoms with E-state index in [1.165, 1.54) is 0 Å². The minimum atomic E-state index is -1.26. The quantitative estimate of drug-likeness (QED) is 0.638. The highest BCUT2D eigenvalue weighted by atomic mass is 16.5. The van der Waals surface area contributed by atoms with Gasteiger partial charge in [-0.3, -0.25) is 0 Å².